The van der Waals surface area contributed by atoms with Gasteiger partial charge in [0.2, 0.25) is 0 Å². The standard InChI is InChI=1S/C31H61IO7/c1-5-6-7-8-9-10-11-12-13-14-19-30-29(38-26-35-4)20-21-31(39-30)28(37-25-34-3)18-16-15-17-27(22-23-32)36-24-33-2/h27-31H,5-26H2,1-4H3/t27-,28+,29+,30+,31+/m0/s1. The third-order valence-electron chi connectivity index (χ3n) is 7.67. The lowest BCUT2D eigenvalue weighted by molar-refractivity contribution is -0.209. The largest absolute Gasteiger partial charge is 0.370 e. The minimum absolute atomic E-state index is 0.0338. The topological polar surface area (TPSA) is 64.6 Å². The number of alkyl halides is 1. The zero-order valence-corrected chi connectivity index (χ0v) is 27.8. The van der Waals surface area contributed by atoms with Crippen LogP contribution in [0.3, 0.4) is 0 Å². The number of ether oxygens (including phenoxy) is 7. The van der Waals surface area contributed by atoms with Crippen molar-refractivity contribution in [3.05, 3.63) is 0 Å². The van der Waals surface area contributed by atoms with Crippen LogP contribution in [0, 0.1) is 0 Å². The summed E-state index contributed by atoms with van der Waals surface area (Å²) in [4.78, 5) is 0. The molecule has 0 saturated carbocycles. The minimum Gasteiger partial charge on any atom is -0.370 e. The highest BCUT2D eigenvalue weighted by Gasteiger charge is 2.36. The number of methoxy groups -OCH3 is 3. The second-order valence-corrected chi connectivity index (χ2v) is 12.0. The first kappa shape index (κ1) is 37.5. The van der Waals surface area contributed by atoms with Crippen molar-refractivity contribution in [1.29, 1.82) is 0 Å². The molecule has 39 heavy (non-hydrogen) atoms. The monoisotopic (exact) mass is 672 g/mol. The van der Waals surface area contributed by atoms with Crippen LogP contribution in [0.25, 0.3) is 0 Å². The molecule has 7 nitrogen and oxygen atoms in total. The van der Waals surface area contributed by atoms with Gasteiger partial charge in [0.05, 0.1) is 30.5 Å². The average molecular weight is 673 g/mol. The lowest BCUT2D eigenvalue weighted by Crippen LogP contribution is -2.46. The molecule has 1 aliphatic rings. The number of halogens is 1. The molecule has 8 heteroatoms. The molecular weight excluding hydrogens is 611 g/mol. The van der Waals surface area contributed by atoms with Crippen molar-refractivity contribution in [3.63, 3.8) is 0 Å². The van der Waals surface area contributed by atoms with Crippen LogP contribution >= 0.6 is 22.6 Å². The normalized spacial score (nSPS) is 21.3. The van der Waals surface area contributed by atoms with E-state index in [1.807, 2.05) is 0 Å². The van der Waals surface area contributed by atoms with Crippen LogP contribution in [-0.4, -0.2) is 76.7 Å². The van der Waals surface area contributed by atoms with Crippen LogP contribution in [0.5, 0.6) is 0 Å². The molecule has 1 fully saturated rings. The molecule has 5 atom stereocenters. The molecule has 0 aromatic rings. The smallest absolute Gasteiger partial charge is 0.146 e. The van der Waals surface area contributed by atoms with E-state index in [4.69, 9.17) is 33.2 Å². The van der Waals surface area contributed by atoms with Crippen LogP contribution < -0.4 is 0 Å². The lowest BCUT2D eigenvalue weighted by Gasteiger charge is -2.39. The Kier molecular flexibility index (Phi) is 26.2. The van der Waals surface area contributed by atoms with Crippen LogP contribution in [0.1, 0.15) is 122 Å². The van der Waals surface area contributed by atoms with Gasteiger partial charge in [-0.05, 0) is 38.5 Å². The zero-order valence-electron chi connectivity index (χ0n) is 25.7. The summed E-state index contributed by atoms with van der Waals surface area (Å²) in [6, 6.07) is 0. The maximum Gasteiger partial charge on any atom is 0.146 e. The van der Waals surface area contributed by atoms with Gasteiger partial charge < -0.3 is 33.2 Å². The van der Waals surface area contributed by atoms with Crippen molar-refractivity contribution in [2.45, 2.75) is 153 Å². The van der Waals surface area contributed by atoms with Crippen molar-refractivity contribution in [3.8, 4) is 0 Å². The summed E-state index contributed by atoms with van der Waals surface area (Å²) >= 11 is 2.42. The molecular formula is C31H61IO7. The molecule has 0 aliphatic carbocycles. The van der Waals surface area contributed by atoms with Crippen LogP contribution in [0.4, 0.5) is 0 Å². The van der Waals surface area contributed by atoms with E-state index in [1.54, 1.807) is 21.3 Å². The summed E-state index contributed by atoms with van der Waals surface area (Å²) in [6.45, 7) is 3.26. The Balaban J connectivity index is 2.50. The second-order valence-electron chi connectivity index (χ2n) is 10.9. The fourth-order valence-electron chi connectivity index (χ4n) is 5.45. The molecule has 0 bridgehead atoms. The number of hydrogen-bond acceptors (Lipinski definition) is 7. The molecule has 1 saturated heterocycles. The molecule has 0 N–H and O–H groups in total. The van der Waals surface area contributed by atoms with E-state index in [0.29, 0.717) is 20.4 Å². The maximum atomic E-state index is 6.70. The highest BCUT2D eigenvalue weighted by atomic mass is 127. The lowest BCUT2D eigenvalue weighted by atomic mass is 9.92. The summed E-state index contributed by atoms with van der Waals surface area (Å²) in [5.74, 6) is 0. The van der Waals surface area contributed by atoms with Crippen molar-refractivity contribution in [2.75, 3.05) is 46.1 Å². The summed E-state index contributed by atoms with van der Waals surface area (Å²) < 4.78 is 41.4. The predicted octanol–water partition coefficient (Wildman–Crippen LogP) is 8.20. The Morgan fingerprint density at radius 2 is 1.31 bits per heavy atom. The molecule has 0 spiro atoms. The van der Waals surface area contributed by atoms with Crippen LogP contribution in [0.15, 0.2) is 0 Å². The Morgan fingerprint density at radius 1 is 0.692 bits per heavy atom. The van der Waals surface area contributed by atoms with Gasteiger partial charge in [-0.1, -0.05) is 107 Å². The Morgan fingerprint density at radius 3 is 1.95 bits per heavy atom. The fourth-order valence-corrected chi connectivity index (χ4v) is 6.14. The quantitative estimate of drug-likeness (QED) is 0.0360. The third-order valence-corrected chi connectivity index (χ3v) is 8.30. The predicted molar refractivity (Wildman–Crippen MR) is 167 cm³/mol. The summed E-state index contributed by atoms with van der Waals surface area (Å²) in [7, 11) is 5.05. The zero-order chi connectivity index (χ0) is 28.4. The van der Waals surface area contributed by atoms with Gasteiger partial charge in [0, 0.05) is 25.8 Å². The van der Waals surface area contributed by atoms with Gasteiger partial charge in [-0.2, -0.15) is 0 Å². The summed E-state index contributed by atoms with van der Waals surface area (Å²) in [6.07, 6.45) is 22.1. The van der Waals surface area contributed by atoms with Crippen molar-refractivity contribution in [2.24, 2.45) is 0 Å². The van der Waals surface area contributed by atoms with Gasteiger partial charge in [-0.3, -0.25) is 0 Å². The third kappa shape index (κ3) is 19.3. The molecule has 1 rings (SSSR count). The van der Waals surface area contributed by atoms with E-state index in [9.17, 15) is 0 Å². The van der Waals surface area contributed by atoms with Gasteiger partial charge in [-0.25, -0.2) is 0 Å². The summed E-state index contributed by atoms with van der Waals surface area (Å²) in [5.41, 5.74) is 0. The highest BCUT2D eigenvalue weighted by Crippen LogP contribution is 2.30. The Labute approximate surface area is 254 Å². The van der Waals surface area contributed by atoms with Gasteiger partial charge >= 0.3 is 0 Å². The van der Waals surface area contributed by atoms with E-state index >= 15 is 0 Å². The summed E-state index contributed by atoms with van der Waals surface area (Å²) in [5, 5.41) is 0. The van der Waals surface area contributed by atoms with Crippen molar-refractivity contribution >= 4 is 22.6 Å². The van der Waals surface area contributed by atoms with Crippen molar-refractivity contribution in [1.82, 2.24) is 0 Å². The van der Waals surface area contributed by atoms with E-state index in [-0.39, 0.29) is 30.5 Å². The molecule has 0 aromatic carbocycles. The first-order chi connectivity index (χ1) is 19.2. The van der Waals surface area contributed by atoms with E-state index in [1.165, 1.54) is 64.2 Å². The Hall–Kier alpha value is 0.450. The maximum absolute atomic E-state index is 6.70. The highest BCUT2D eigenvalue weighted by molar-refractivity contribution is 14.1. The molecule has 0 aromatic heterocycles. The SMILES string of the molecule is CCCCCCCCCCCC[C@H]1O[C@@H]([C@@H](CCCC[C@@H](CCI)OCOC)OCOC)CC[C@H]1OCOC. The molecule has 1 heterocycles. The van der Waals surface area contributed by atoms with E-state index in [2.05, 4.69) is 29.5 Å². The minimum atomic E-state index is 0.0338. The van der Waals surface area contributed by atoms with Crippen LogP contribution in [0.2, 0.25) is 0 Å². The fraction of sp³-hybridized carbons (Fsp3) is 1.00. The number of rotatable bonds is 28. The number of unbranched alkanes of at least 4 members (excludes halogenated alkanes) is 10. The van der Waals surface area contributed by atoms with Crippen LogP contribution in [-0.2, 0) is 33.2 Å². The molecule has 0 unspecified atom stereocenters. The van der Waals surface area contributed by atoms with Crippen molar-refractivity contribution < 1.29 is 33.2 Å². The van der Waals surface area contributed by atoms with Gasteiger partial charge in [0.25, 0.3) is 0 Å². The van der Waals surface area contributed by atoms with Gasteiger partial charge in [0.15, 0.2) is 0 Å². The van der Waals surface area contributed by atoms with E-state index in [0.717, 1.165) is 55.8 Å². The molecule has 0 radical (unpaired) electrons. The van der Waals surface area contributed by atoms with Gasteiger partial charge in [0.1, 0.15) is 20.4 Å². The van der Waals surface area contributed by atoms with Gasteiger partial charge in [-0.15, -0.1) is 0 Å². The average Bonchev–Trinajstić information content (AvgIpc) is 2.95. The Bertz CT molecular complexity index is 513. The van der Waals surface area contributed by atoms with E-state index < -0.39 is 0 Å². The molecule has 234 valence electrons. The first-order valence-corrected chi connectivity index (χ1v) is 17.3. The molecule has 1 aliphatic heterocycles. The second kappa shape index (κ2) is 27.3. The number of hydrogen-bond donors (Lipinski definition) is 0. The first-order valence-electron chi connectivity index (χ1n) is 15.7. The molecule has 0 amide bonds.